The van der Waals surface area contributed by atoms with Crippen molar-refractivity contribution in [2.75, 3.05) is 0 Å². The molecule has 1 saturated heterocycles. The number of hydrogen-bond acceptors (Lipinski definition) is 9. The molecule has 1 fully saturated rings. The van der Waals surface area contributed by atoms with Crippen LogP contribution in [0.25, 0.3) is 0 Å². The summed E-state index contributed by atoms with van der Waals surface area (Å²) in [5.74, 6) is -5.64. The largest absolute Gasteiger partial charge is 0.481 e. The van der Waals surface area contributed by atoms with Crippen LogP contribution >= 0.6 is 0 Å². The zero-order valence-electron chi connectivity index (χ0n) is 10.8. The van der Waals surface area contributed by atoms with Crippen LogP contribution in [0.3, 0.4) is 0 Å². The predicted molar refractivity (Wildman–Crippen MR) is 66.3 cm³/mol. The molecule has 4 N–H and O–H groups in total. The van der Waals surface area contributed by atoms with Gasteiger partial charge in [-0.25, -0.2) is 0 Å². The van der Waals surface area contributed by atoms with Gasteiger partial charge in [0.1, 0.15) is 0 Å². The Labute approximate surface area is 128 Å². The van der Waals surface area contributed by atoms with Crippen LogP contribution in [0.1, 0.15) is 12.8 Å². The van der Waals surface area contributed by atoms with E-state index in [9.17, 15) is 36.0 Å². The van der Waals surface area contributed by atoms with Crippen LogP contribution in [-0.2, 0) is 44.2 Å². The van der Waals surface area contributed by atoms with Crippen molar-refractivity contribution in [2.45, 2.75) is 23.3 Å². The fraction of sp³-hybridized carbons (Fsp3) is 0.500. The molecule has 0 aliphatic carbocycles. The van der Waals surface area contributed by atoms with Gasteiger partial charge in [0.05, 0.1) is 12.8 Å². The van der Waals surface area contributed by atoms with E-state index in [2.05, 4.69) is 4.74 Å². The molecule has 0 spiro atoms. The molecule has 0 aromatic rings. The van der Waals surface area contributed by atoms with Crippen LogP contribution in [0.4, 0.5) is 0 Å². The molecule has 1 rings (SSSR count). The van der Waals surface area contributed by atoms with Crippen molar-refractivity contribution in [3.63, 3.8) is 0 Å². The van der Waals surface area contributed by atoms with Gasteiger partial charge in [-0.2, -0.15) is 16.8 Å². The molecular weight excluding hydrogens is 368 g/mol. The lowest BCUT2D eigenvalue weighted by Crippen LogP contribution is -2.31. The lowest BCUT2D eigenvalue weighted by molar-refractivity contribution is -0.152. The van der Waals surface area contributed by atoms with Gasteiger partial charge < -0.3 is 14.9 Å². The first kappa shape index (κ1) is 20.9. The molecule has 15 heteroatoms. The van der Waals surface area contributed by atoms with E-state index < -0.39 is 67.5 Å². The summed E-state index contributed by atoms with van der Waals surface area (Å²) >= 11 is 0. The molecule has 132 valence electrons. The molecule has 0 bridgehead atoms. The van der Waals surface area contributed by atoms with E-state index in [0.717, 1.165) is 0 Å². The van der Waals surface area contributed by atoms with Gasteiger partial charge >= 0.3 is 23.9 Å². The van der Waals surface area contributed by atoms with Gasteiger partial charge in [-0.15, -0.1) is 0 Å². The fourth-order valence-corrected chi connectivity index (χ4v) is 2.41. The van der Waals surface area contributed by atoms with Crippen LogP contribution in [0.15, 0.2) is 0 Å². The Kier molecular flexibility index (Phi) is 6.77. The van der Waals surface area contributed by atoms with E-state index in [-0.39, 0.29) is 0 Å². The summed E-state index contributed by atoms with van der Waals surface area (Å²) in [5.41, 5.74) is 0. The summed E-state index contributed by atoms with van der Waals surface area (Å²) in [4.78, 5) is 40.7. The number of carboxylic acids is 2. The number of hydrogen-bond donors (Lipinski definition) is 4. The van der Waals surface area contributed by atoms with E-state index in [0.29, 0.717) is 0 Å². The Balaban J connectivity index is 0.000000422. The van der Waals surface area contributed by atoms with Gasteiger partial charge in [0, 0.05) is 0 Å². The third kappa shape index (κ3) is 7.13. The Morgan fingerprint density at radius 3 is 1.74 bits per heavy atom. The first-order chi connectivity index (χ1) is 10.2. The molecule has 1 aliphatic heterocycles. The Morgan fingerprint density at radius 2 is 1.61 bits per heavy atom. The second kappa shape index (κ2) is 7.44. The maximum atomic E-state index is 10.4. The molecule has 2 atom stereocenters. The summed E-state index contributed by atoms with van der Waals surface area (Å²) in [5, 5.41) is 12.2. The van der Waals surface area contributed by atoms with Crippen LogP contribution in [-0.4, -0.2) is 70.5 Å². The van der Waals surface area contributed by atoms with E-state index in [1.807, 2.05) is 0 Å². The summed E-state index contributed by atoms with van der Waals surface area (Å²) in [6, 6.07) is 0. The molecule has 1 aliphatic rings. The normalized spacial score (nSPS) is 19.3. The molecule has 13 nitrogen and oxygen atoms in total. The third-order valence-electron chi connectivity index (χ3n) is 2.18. The van der Waals surface area contributed by atoms with Gasteiger partial charge in [-0.1, -0.05) is 0 Å². The van der Waals surface area contributed by atoms with E-state index >= 15 is 0 Å². The van der Waals surface area contributed by atoms with E-state index in [1.165, 1.54) is 0 Å². The van der Waals surface area contributed by atoms with Crippen LogP contribution in [0.5, 0.6) is 0 Å². The minimum atomic E-state index is -4.84. The summed E-state index contributed by atoms with van der Waals surface area (Å²) in [6.45, 7) is 0. The summed E-state index contributed by atoms with van der Waals surface area (Å²) in [6.07, 6.45) is -1.76. The van der Waals surface area contributed by atoms with Crippen molar-refractivity contribution in [3.8, 4) is 0 Å². The maximum Gasteiger partial charge on any atom is 0.335 e. The zero-order valence-corrected chi connectivity index (χ0v) is 12.5. The van der Waals surface area contributed by atoms with Crippen LogP contribution in [0, 0.1) is 0 Å². The highest BCUT2D eigenvalue weighted by atomic mass is 32.2. The molecule has 23 heavy (non-hydrogen) atoms. The highest BCUT2D eigenvalue weighted by Gasteiger charge is 2.42. The molecule has 1 heterocycles. The number of aliphatic carboxylic acids is 2. The Bertz CT molecular complexity index is 715. The number of cyclic esters (lactones) is 2. The molecule has 0 saturated carbocycles. The van der Waals surface area contributed by atoms with Crippen molar-refractivity contribution in [1.82, 2.24) is 0 Å². The van der Waals surface area contributed by atoms with Gasteiger partial charge in [-0.3, -0.25) is 28.3 Å². The maximum absolute atomic E-state index is 10.4. The summed E-state index contributed by atoms with van der Waals surface area (Å²) in [7, 11) is -9.32. The predicted octanol–water partition coefficient (Wildman–Crippen LogP) is -2.48. The minimum absolute atomic E-state index is 0.600. The molecule has 0 aromatic carbocycles. The zero-order chi connectivity index (χ0) is 18.6. The van der Waals surface area contributed by atoms with Crippen molar-refractivity contribution in [3.05, 3.63) is 0 Å². The number of carbonyl (C=O) groups is 4. The average molecular weight is 378 g/mol. The second-order valence-electron chi connectivity index (χ2n) is 3.94. The number of esters is 2. The minimum Gasteiger partial charge on any atom is -0.481 e. The molecule has 2 unspecified atom stereocenters. The highest BCUT2D eigenvalue weighted by molar-refractivity contribution is 7.87. The molecule has 0 aromatic heterocycles. The lowest BCUT2D eigenvalue weighted by Gasteiger charge is -2.04. The molecular formula is C8H10O13S2. The van der Waals surface area contributed by atoms with Crippen molar-refractivity contribution >= 4 is 44.1 Å². The van der Waals surface area contributed by atoms with Crippen molar-refractivity contribution in [1.29, 1.82) is 0 Å². The first-order valence-electron chi connectivity index (χ1n) is 5.28. The SMILES string of the molecule is O=C(O)CC(C(=O)O)S(=O)(=O)O.O=C1CC(S(=O)(=O)O)C(=O)O1. The topological polar surface area (TPSA) is 227 Å². The summed E-state index contributed by atoms with van der Waals surface area (Å²) < 4.78 is 61.5. The van der Waals surface area contributed by atoms with Gasteiger partial charge in [-0.05, 0) is 0 Å². The third-order valence-corrected chi connectivity index (χ3v) is 4.35. The van der Waals surface area contributed by atoms with E-state index in [1.54, 1.807) is 0 Å². The standard InChI is InChI=1S/C4H6O7S.C4H4O6S/c5-3(6)1-2(4(7)8)12(9,10)11;5-3-1-2(4(6)10-3)11(7,8)9/h2H,1H2,(H,5,6)(H,7,8)(H,9,10,11);2H,1H2,(H,7,8,9). The first-order valence-corrected chi connectivity index (χ1v) is 8.28. The number of carboxylic acid groups (broad SMARTS) is 2. The molecule has 0 radical (unpaired) electrons. The quantitative estimate of drug-likeness (QED) is 0.221. The van der Waals surface area contributed by atoms with Gasteiger partial charge in [0.25, 0.3) is 20.2 Å². The van der Waals surface area contributed by atoms with Crippen LogP contribution < -0.4 is 0 Å². The Hall–Kier alpha value is -2.10. The number of ether oxygens (including phenoxy) is 1. The van der Waals surface area contributed by atoms with E-state index in [4.69, 9.17) is 19.3 Å². The van der Waals surface area contributed by atoms with Crippen LogP contribution in [0.2, 0.25) is 0 Å². The monoisotopic (exact) mass is 378 g/mol. The smallest absolute Gasteiger partial charge is 0.335 e. The van der Waals surface area contributed by atoms with Gasteiger partial charge in [0.15, 0.2) is 10.5 Å². The lowest BCUT2D eigenvalue weighted by atomic mass is 10.3. The number of carbonyl (C=O) groups excluding carboxylic acids is 2. The molecule has 0 amide bonds. The average Bonchev–Trinajstić information content (AvgIpc) is 2.64. The Morgan fingerprint density at radius 1 is 1.13 bits per heavy atom. The van der Waals surface area contributed by atoms with Crippen molar-refractivity contribution < 1.29 is 60.1 Å². The van der Waals surface area contributed by atoms with Gasteiger partial charge in [0.2, 0.25) is 0 Å². The van der Waals surface area contributed by atoms with Crippen molar-refractivity contribution in [2.24, 2.45) is 0 Å². The number of rotatable bonds is 5. The highest BCUT2D eigenvalue weighted by Crippen LogP contribution is 2.14. The second-order valence-corrected chi connectivity index (χ2v) is 7.14. The fourth-order valence-electron chi connectivity index (χ4n) is 1.16.